The highest BCUT2D eigenvalue weighted by atomic mass is 16.5. The van der Waals surface area contributed by atoms with Crippen LogP contribution in [-0.4, -0.2) is 25.0 Å². The van der Waals surface area contributed by atoms with E-state index in [9.17, 15) is 9.59 Å². The summed E-state index contributed by atoms with van der Waals surface area (Å²) in [4.78, 5) is 25.4. The van der Waals surface area contributed by atoms with Crippen LogP contribution in [0.4, 0.5) is 5.69 Å². The van der Waals surface area contributed by atoms with Gasteiger partial charge in [-0.05, 0) is 47.9 Å². The molecule has 0 aliphatic heterocycles. The second-order valence-corrected chi connectivity index (χ2v) is 7.37. The molecule has 0 aliphatic carbocycles. The van der Waals surface area contributed by atoms with E-state index >= 15 is 0 Å². The lowest BCUT2D eigenvalue weighted by atomic mass is 10.1. The smallest absolute Gasteiger partial charge is 0.251 e. The van der Waals surface area contributed by atoms with E-state index in [-0.39, 0.29) is 18.4 Å². The third-order valence-corrected chi connectivity index (χ3v) is 4.90. The van der Waals surface area contributed by atoms with E-state index in [1.807, 2.05) is 42.5 Å². The lowest BCUT2D eigenvalue weighted by molar-refractivity contribution is -0.129. The number of ether oxygens (including phenoxy) is 2. The molecule has 2 amide bonds. The highest BCUT2D eigenvalue weighted by Crippen LogP contribution is 2.21. The molecule has 0 bridgehead atoms. The van der Waals surface area contributed by atoms with Gasteiger partial charge in [0.25, 0.3) is 5.91 Å². The largest absolute Gasteiger partial charge is 0.489 e. The van der Waals surface area contributed by atoms with Crippen LogP contribution in [0.1, 0.15) is 29.7 Å². The average molecular weight is 448 g/mol. The molecule has 3 rings (SSSR count). The number of anilines is 1. The Balaban J connectivity index is 1.73. The molecule has 33 heavy (non-hydrogen) atoms. The number of nitrogens with two attached hydrogens (primary N) is 1. The fraction of sp³-hybridized carbons (Fsp3) is 0.231. The first-order chi connectivity index (χ1) is 16.1. The van der Waals surface area contributed by atoms with Gasteiger partial charge in [0.1, 0.15) is 25.0 Å². The van der Waals surface area contributed by atoms with Gasteiger partial charge in [0.05, 0.1) is 0 Å². The summed E-state index contributed by atoms with van der Waals surface area (Å²) < 4.78 is 11.0. The molecular weight excluding hydrogens is 418 g/mol. The molecule has 0 aliphatic rings. The van der Waals surface area contributed by atoms with Gasteiger partial charge >= 0.3 is 0 Å². The lowest BCUT2D eigenvalue weighted by Crippen LogP contribution is -2.38. The minimum atomic E-state index is -0.900. The van der Waals surface area contributed by atoms with E-state index in [0.29, 0.717) is 36.8 Å². The van der Waals surface area contributed by atoms with E-state index in [1.165, 1.54) is 0 Å². The molecule has 7 nitrogen and oxygen atoms in total. The first-order valence-electron chi connectivity index (χ1n) is 10.8. The molecule has 0 spiro atoms. The zero-order chi connectivity index (χ0) is 23.5. The zero-order valence-corrected chi connectivity index (χ0v) is 18.6. The Morgan fingerprint density at radius 2 is 1.67 bits per heavy atom. The van der Waals surface area contributed by atoms with Crippen LogP contribution in [0.25, 0.3) is 0 Å². The molecule has 1 atom stereocenters. The number of carbonyl (C=O) groups excluding carboxylic acids is 2. The molecule has 7 heteroatoms. The van der Waals surface area contributed by atoms with Crippen molar-refractivity contribution in [2.24, 2.45) is 5.73 Å². The Hall–Kier alpha value is -3.68. The quantitative estimate of drug-likeness (QED) is 0.417. The summed E-state index contributed by atoms with van der Waals surface area (Å²) >= 11 is 0. The number of hydrogen-bond acceptors (Lipinski definition) is 5. The maximum Gasteiger partial charge on any atom is 0.251 e. The highest BCUT2D eigenvalue weighted by Gasteiger charge is 2.23. The van der Waals surface area contributed by atoms with Crippen LogP contribution in [0, 0.1) is 0 Å². The molecule has 3 aromatic rings. The molecule has 0 heterocycles. The van der Waals surface area contributed by atoms with Crippen LogP contribution in [0.5, 0.6) is 5.75 Å². The van der Waals surface area contributed by atoms with Gasteiger partial charge in [-0.1, -0.05) is 54.6 Å². The summed E-state index contributed by atoms with van der Waals surface area (Å²) in [7, 11) is 0. The molecule has 0 fully saturated rings. The van der Waals surface area contributed by atoms with Crippen LogP contribution >= 0.6 is 0 Å². The fourth-order valence-corrected chi connectivity index (χ4v) is 3.19. The van der Waals surface area contributed by atoms with Crippen LogP contribution in [0.2, 0.25) is 0 Å². The summed E-state index contributed by atoms with van der Waals surface area (Å²) in [6.45, 7) is 2.89. The van der Waals surface area contributed by atoms with Gasteiger partial charge in [0.15, 0.2) is 0 Å². The van der Waals surface area contributed by atoms with Gasteiger partial charge in [-0.2, -0.15) is 0 Å². The normalized spacial score (nSPS) is 11.5. The average Bonchev–Trinajstić information content (AvgIpc) is 2.86. The second-order valence-electron chi connectivity index (χ2n) is 7.37. The Kier molecular flexibility index (Phi) is 8.99. The minimum Gasteiger partial charge on any atom is -0.489 e. The number of amides is 2. The predicted octanol–water partition coefficient (Wildman–Crippen LogP) is 3.56. The topological polar surface area (TPSA) is 103 Å². The first kappa shape index (κ1) is 24.0. The summed E-state index contributed by atoms with van der Waals surface area (Å²) in [6.07, 6.45) is 0. The molecule has 0 saturated carbocycles. The van der Waals surface area contributed by atoms with Crippen LogP contribution in [-0.2, 0) is 27.5 Å². The van der Waals surface area contributed by atoms with Gasteiger partial charge in [-0.25, -0.2) is 0 Å². The predicted molar refractivity (Wildman–Crippen MR) is 128 cm³/mol. The second kappa shape index (κ2) is 12.4. The maximum atomic E-state index is 13.1. The molecule has 0 saturated heterocycles. The van der Waals surface area contributed by atoms with E-state index in [0.717, 1.165) is 11.1 Å². The van der Waals surface area contributed by atoms with Gasteiger partial charge in [0.2, 0.25) is 5.91 Å². The third kappa shape index (κ3) is 7.45. The van der Waals surface area contributed by atoms with Gasteiger partial charge in [0, 0.05) is 18.8 Å². The number of hydrogen-bond donors (Lipinski definition) is 3. The van der Waals surface area contributed by atoms with Crippen molar-refractivity contribution in [1.29, 1.82) is 0 Å². The van der Waals surface area contributed by atoms with Gasteiger partial charge < -0.3 is 25.8 Å². The van der Waals surface area contributed by atoms with Crippen molar-refractivity contribution in [3.8, 4) is 5.75 Å². The van der Waals surface area contributed by atoms with Crippen LogP contribution < -0.4 is 21.1 Å². The summed E-state index contributed by atoms with van der Waals surface area (Å²) in [5, 5.41) is 5.61. The van der Waals surface area contributed by atoms with Crippen molar-refractivity contribution in [1.82, 2.24) is 5.32 Å². The Labute approximate surface area is 193 Å². The number of carbonyl (C=O) groups is 2. The molecule has 3 aromatic carbocycles. The summed E-state index contributed by atoms with van der Waals surface area (Å²) in [6, 6.07) is 23.3. The Bertz CT molecular complexity index is 1040. The molecule has 0 aromatic heterocycles. The number of benzene rings is 3. The van der Waals surface area contributed by atoms with E-state index < -0.39 is 6.04 Å². The monoisotopic (exact) mass is 447 g/mol. The van der Waals surface area contributed by atoms with E-state index in [4.69, 9.17) is 15.2 Å². The highest BCUT2D eigenvalue weighted by molar-refractivity contribution is 5.98. The van der Waals surface area contributed by atoms with Crippen molar-refractivity contribution in [3.63, 3.8) is 0 Å². The number of nitrogens with one attached hydrogen (secondary N) is 2. The fourth-order valence-electron chi connectivity index (χ4n) is 3.19. The molecular formula is C26H29N3O4. The molecule has 172 valence electrons. The molecule has 4 N–H and O–H groups in total. The lowest BCUT2D eigenvalue weighted by Gasteiger charge is -2.19. The summed E-state index contributed by atoms with van der Waals surface area (Å²) in [5.74, 6) is -0.0814. The van der Waals surface area contributed by atoms with Crippen molar-refractivity contribution < 1.29 is 19.1 Å². The Morgan fingerprint density at radius 1 is 0.939 bits per heavy atom. The first-order valence-corrected chi connectivity index (χ1v) is 10.8. The van der Waals surface area contributed by atoms with Crippen molar-refractivity contribution in [2.45, 2.75) is 26.1 Å². The van der Waals surface area contributed by atoms with Gasteiger partial charge in [-0.3, -0.25) is 9.59 Å². The zero-order valence-electron chi connectivity index (χ0n) is 18.6. The van der Waals surface area contributed by atoms with Crippen molar-refractivity contribution in [3.05, 3.63) is 95.6 Å². The van der Waals surface area contributed by atoms with Crippen LogP contribution in [0.15, 0.2) is 78.9 Å². The summed E-state index contributed by atoms with van der Waals surface area (Å²) in [5.41, 5.74) is 8.87. The molecule has 0 unspecified atom stereocenters. The van der Waals surface area contributed by atoms with E-state index in [1.54, 1.807) is 43.3 Å². The van der Waals surface area contributed by atoms with Crippen molar-refractivity contribution >= 4 is 17.5 Å². The maximum absolute atomic E-state index is 13.1. The van der Waals surface area contributed by atoms with Crippen molar-refractivity contribution in [2.75, 3.05) is 18.5 Å². The third-order valence-electron chi connectivity index (χ3n) is 4.90. The number of rotatable bonds is 11. The van der Waals surface area contributed by atoms with Crippen LogP contribution in [0.3, 0.4) is 0 Å². The molecule has 0 radical (unpaired) electrons. The minimum absolute atomic E-state index is 0.124. The standard InChI is InChI=1S/C26H29N3O4/c1-2-32-18-24(30)29-25(26(31)28-22-10-6-9-20(15-22)16-27)21-11-13-23(14-12-21)33-17-19-7-4-3-5-8-19/h3-15,25H,2,16-18,27H2,1H3,(H,28,31)(H,29,30)/t25-/m0/s1. The Morgan fingerprint density at radius 3 is 2.36 bits per heavy atom. The van der Waals surface area contributed by atoms with Gasteiger partial charge in [-0.15, -0.1) is 0 Å². The SMILES string of the molecule is CCOCC(=O)N[C@H](C(=O)Nc1cccc(CN)c1)c1ccc(OCc2ccccc2)cc1. The van der Waals surface area contributed by atoms with E-state index in [2.05, 4.69) is 10.6 Å².